The van der Waals surface area contributed by atoms with Crippen LogP contribution in [-0.4, -0.2) is 12.4 Å². The molecule has 0 saturated heterocycles. The van der Waals surface area contributed by atoms with Crippen molar-refractivity contribution in [3.8, 4) is 11.8 Å². The predicted molar refractivity (Wildman–Crippen MR) is 79.5 cm³/mol. The Balaban J connectivity index is 1.78. The first-order chi connectivity index (χ1) is 9.70. The first kappa shape index (κ1) is 14.6. The average molecular weight is 306 g/mol. The molecule has 0 N–H and O–H groups in total. The summed E-state index contributed by atoms with van der Waals surface area (Å²) in [6, 6.07) is 10.6. The highest BCUT2D eigenvalue weighted by Crippen LogP contribution is 2.22. The van der Waals surface area contributed by atoms with E-state index in [1.807, 2.05) is 23.6 Å². The van der Waals surface area contributed by atoms with Gasteiger partial charge in [0.1, 0.15) is 11.8 Å². The molecule has 0 amide bonds. The first-order valence-corrected chi connectivity index (χ1v) is 7.35. The lowest BCUT2D eigenvalue weighted by molar-refractivity contribution is 0.0977. The van der Waals surface area contributed by atoms with Crippen LogP contribution in [0.1, 0.15) is 28.1 Å². The second-order valence-electron chi connectivity index (χ2n) is 4.11. The van der Waals surface area contributed by atoms with E-state index >= 15 is 0 Å². The van der Waals surface area contributed by atoms with Crippen LogP contribution in [0.25, 0.3) is 0 Å². The van der Waals surface area contributed by atoms with Gasteiger partial charge in [-0.25, -0.2) is 0 Å². The molecule has 0 saturated carbocycles. The van der Waals surface area contributed by atoms with Crippen LogP contribution >= 0.6 is 22.9 Å². The Labute approximate surface area is 126 Å². The second kappa shape index (κ2) is 7.09. The summed E-state index contributed by atoms with van der Waals surface area (Å²) in [5.74, 6) is 0.749. The van der Waals surface area contributed by atoms with Crippen LogP contribution < -0.4 is 4.74 Å². The fourth-order valence-corrected chi connectivity index (χ4v) is 2.57. The number of rotatable bonds is 6. The summed E-state index contributed by atoms with van der Waals surface area (Å²) in [5, 5.41) is 11.0. The third kappa shape index (κ3) is 3.83. The number of nitriles is 1. The second-order valence-corrected chi connectivity index (χ2v) is 5.46. The van der Waals surface area contributed by atoms with Crippen molar-refractivity contribution in [2.24, 2.45) is 0 Å². The van der Waals surface area contributed by atoms with E-state index in [1.165, 1.54) is 11.3 Å². The van der Waals surface area contributed by atoms with Crippen LogP contribution in [0.2, 0.25) is 5.02 Å². The van der Waals surface area contributed by atoms with Gasteiger partial charge >= 0.3 is 0 Å². The van der Waals surface area contributed by atoms with Crippen molar-refractivity contribution in [1.29, 1.82) is 5.26 Å². The van der Waals surface area contributed by atoms with Crippen molar-refractivity contribution >= 4 is 28.7 Å². The summed E-state index contributed by atoms with van der Waals surface area (Å²) in [5.41, 5.74) is 0.423. The van der Waals surface area contributed by atoms with Gasteiger partial charge in [-0.15, -0.1) is 11.3 Å². The van der Waals surface area contributed by atoms with E-state index in [9.17, 15) is 4.79 Å². The molecule has 0 fully saturated rings. The van der Waals surface area contributed by atoms with E-state index in [2.05, 4.69) is 0 Å². The zero-order valence-corrected chi connectivity index (χ0v) is 12.2. The molecule has 0 radical (unpaired) electrons. The Morgan fingerprint density at radius 3 is 2.90 bits per heavy atom. The van der Waals surface area contributed by atoms with E-state index in [-0.39, 0.29) is 5.78 Å². The number of ether oxygens (including phenoxy) is 1. The Hall–Kier alpha value is -1.83. The number of ketones is 1. The molecule has 2 aromatic rings. The van der Waals surface area contributed by atoms with Crippen LogP contribution in [0.15, 0.2) is 35.7 Å². The molecular formula is C15H12ClNO2S. The fraction of sp³-hybridized carbons (Fsp3) is 0.200. The highest BCUT2D eigenvalue weighted by Gasteiger charge is 2.06. The molecule has 0 aliphatic rings. The van der Waals surface area contributed by atoms with Crippen LogP contribution in [0, 0.1) is 11.3 Å². The fourth-order valence-electron chi connectivity index (χ4n) is 1.66. The number of thiophene rings is 1. The van der Waals surface area contributed by atoms with Crippen molar-refractivity contribution in [3.05, 3.63) is 51.2 Å². The minimum Gasteiger partial charge on any atom is -0.494 e. The highest BCUT2D eigenvalue weighted by atomic mass is 35.5. The summed E-state index contributed by atoms with van der Waals surface area (Å²) < 4.78 is 5.51. The zero-order chi connectivity index (χ0) is 14.4. The predicted octanol–water partition coefficient (Wildman–Crippen LogP) is 4.32. The van der Waals surface area contributed by atoms with Gasteiger partial charge in [0.15, 0.2) is 5.78 Å². The maximum atomic E-state index is 11.8. The monoisotopic (exact) mass is 305 g/mol. The standard InChI is InChI=1S/C15H12ClNO2S/c16-13-9-12(6-5-11(13)10-17)19-7-1-3-14(18)15-4-2-8-20-15/h2,4-6,8-9H,1,3,7H2. The molecule has 2 rings (SSSR count). The molecule has 0 aliphatic carbocycles. The summed E-state index contributed by atoms with van der Waals surface area (Å²) in [6.07, 6.45) is 1.11. The zero-order valence-electron chi connectivity index (χ0n) is 10.6. The number of halogens is 1. The van der Waals surface area contributed by atoms with Crippen LogP contribution in [-0.2, 0) is 0 Å². The molecule has 20 heavy (non-hydrogen) atoms. The molecule has 1 aromatic heterocycles. The van der Waals surface area contributed by atoms with Gasteiger partial charge in [0.2, 0.25) is 0 Å². The molecule has 5 heteroatoms. The highest BCUT2D eigenvalue weighted by molar-refractivity contribution is 7.12. The summed E-state index contributed by atoms with van der Waals surface area (Å²) in [6.45, 7) is 0.444. The van der Waals surface area contributed by atoms with Crippen LogP contribution in [0.4, 0.5) is 0 Å². The van der Waals surface area contributed by atoms with Crippen LogP contribution in [0.5, 0.6) is 5.75 Å². The number of nitrogens with zero attached hydrogens (tertiary/aromatic N) is 1. The molecule has 102 valence electrons. The minimum atomic E-state index is 0.140. The van der Waals surface area contributed by atoms with Crippen LogP contribution in [0.3, 0.4) is 0 Å². The number of hydrogen-bond donors (Lipinski definition) is 0. The lowest BCUT2D eigenvalue weighted by Crippen LogP contribution is -2.02. The van der Waals surface area contributed by atoms with Gasteiger partial charge in [-0.1, -0.05) is 17.7 Å². The van der Waals surface area contributed by atoms with Gasteiger partial charge in [-0.3, -0.25) is 4.79 Å². The minimum absolute atomic E-state index is 0.140. The Morgan fingerprint density at radius 1 is 1.40 bits per heavy atom. The van der Waals surface area contributed by atoms with E-state index in [0.29, 0.717) is 35.8 Å². The third-order valence-corrected chi connectivity index (χ3v) is 3.90. The van der Waals surface area contributed by atoms with E-state index in [0.717, 1.165) is 4.88 Å². The maximum absolute atomic E-state index is 11.8. The van der Waals surface area contributed by atoms with E-state index in [1.54, 1.807) is 18.2 Å². The van der Waals surface area contributed by atoms with Crippen molar-refractivity contribution in [2.45, 2.75) is 12.8 Å². The first-order valence-electron chi connectivity index (χ1n) is 6.10. The maximum Gasteiger partial charge on any atom is 0.172 e. The lowest BCUT2D eigenvalue weighted by Gasteiger charge is -2.06. The molecular weight excluding hydrogens is 294 g/mol. The van der Waals surface area contributed by atoms with Gasteiger partial charge in [0.25, 0.3) is 0 Å². The van der Waals surface area contributed by atoms with Gasteiger partial charge in [-0.05, 0) is 30.0 Å². The molecule has 3 nitrogen and oxygen atoms in total. The number of Topliss-reactive ketones (excluding diaryl/α,β-unsaturated/α-hetero) is 1. The SMILES string of the molecule is N#Cc1ccc(OCCCC(=O)c2cccs2)cc1Cl. The molecule has 0 unspecified atom stereocenters. The number of carbonyl (C=O) groups is 1. The summed E-state index contributed by atoms with van der Waals surface area (Å²) in [7, 11) is 0. The average Bonchev–Trinajstić information content (AvgIpc) is 2.98. The molecule has 0 spiro atoms. The van der Waals surface area contributed by atoms with Gasteiger partial charge in [0.05, 0.1) is 22.1 Å². The summed E-state index contributed by atoms with van der Waals surface area (Å²) >= 11 is 7.36. The topological polar surface area (TPSA) is 50.1 Å². The molecule has 1 aromatic carbocycles. The largest absolute Gasteiger partial charge is 0.494 e. The van der Waals surface area contributed by atoms with Crippen molar-refractivity contribution in [2.75, 3.05) is 6.61 Å². The smallest absolute Gasteiger partial charge is 0.172 e. The number of carbonyl (C=O) groups excluding carboxylic acids is 1. The van der Waals surface area contributed by atoms with E-state index in [4.69, 9.17) is 21.6 Å². The number of benzene rings is 1. The molecule has 0 atom stereocenters. The Kier molecular flexibility index (Phi) is 5.16. The molecule has 1 heterocycles. The Morgan fingerprint density at radius 2 is 2.25 bits per heavy atom. The van der Waals surface area contributed by atoms with Crippen molar-refractivity contribution in [3.63, 3.8) is 0 Å². The van der Waals surface area contributed by atoms with E-state index < -0.39 is 0 Å². The van der Waals surface area contributed by atoms with Crippen molar-refractivity contribution in [1.82, 2.24) is 0 Å². The van der Waals surface area contributed by atoms with Gasteiger partial charge < -0.3 is 4.74 Å². The number of hydrogen-bond acceptors (Lipinski definition) is 4. The van der Waals surface area contributed by atoms with Gasteiger partial charge in [0, 0.05) is 12.5 Å². The third-order valence-electron chi connectivity index (χ3n) is 2.67. The molecule has 0 aliphatic heterocycles. The van der Waals surface area contributed by atoms with Gasteiger partial charge in [-0.2, -0.15) is 5.26 Å². The lowest BCUT2D eigenvalue weighted by atomic mass is 10.2. The summed E-state index contributed by atoms with van der Waals surface area (Å²) in [4.78, 5) is 12.5. The Bertz CT molecular complexity index is 632. The molecule has 0 bridgehead atoms. The normalized spacial score (nSPS) is 10.0. The quantitative estimate of drug-likeness (QED) is 0.590. The van der Waals surface area contributed by atoms with Crippen molar-refractivity contribution < 1.29 is 9.53 Å².